The molecule has 1 amide bonds. The molecule has 0 saturated carbocycles. The van der Waals surface area contributed by atoms with Crippen LogP contribution in [0, 0.1) is 13.8 Å². The van der Waals surface area contributed by atoms with Gasteiger partial charge in [0.05, 0.1) is 18.0 Å². The van der Waals surface area contributed by atoms with Crippen LogP contribution in [0.3, 0.4) is 0 Å². The minimum absolute atomic E-state index is 0.0350. The zero-order valence-corrected chi connectivity index (χ0v) is 16.3. The van der Waals surface area contributed by atoms with E-state index in [-0.39, 0.29) is 5.91 Å². The maximum absolute atomic E-state index is 12.1. The van der Waals surface area contributed by atoms with E-state index in [9.17, 15) is 4.79 Å². The number of hydrogen-bond donors (Lipinski definition) is 1. The number of nitrogens with zero attached hydrogens (tertiary/aromatic N) is 2. The minimum atomic E-state index is -0.0350. The van der Waals surface area contributed by atoms with E-state index >= 15 is 0 Å². The fraction of sp³-hybridized carbons (Fsp3) is 0.238. The Hall–Kier alpha value is -2.73. The van der Waals surface area contributed by atoms with Gasteiger partial charge >= 0.3 is 0 Å². The maximum Gasteiger partial charge on any atom is 0.230 e. The van der Waals surface area contributed by atoms with Crippen molar-refractivity contribution in [1.82, 2.24) is 14.9 Å². The standard InChI is InChI=1S/C21H23N3O2S/c1-16-8-9-17(2)19(14-16)24-12-10-23-21(24)27-15-20(25)22-11-13-26-18-6-4-3-5-7-18/h3-10,12,14H,11,13,15H2,1-2H3,(H,22,25). The second-order valence-electron chi connectivity index (χ2n) is 6.17. The monoisotopic (exact) mass is 381 g/mol. The van der Waals surface area contributed by atoms with Gasteiger partial charge in [-0.15, -0.1) is 0 Å². The molecule has 3 rings (SSSR count). The molecule has 0 fully saturated rings. The Balaban J connectivity index is 1.48. The third-order valence-electron chi connectivity index (χ3n) is 4.00. The Morgan fingerprint density at radius 2 is 2.00 bits per heavy atom. The van der Waals surface area contributed by atoms with Crippen molar-refractivity contribution in [2.45, 2.75) is 19.0 Å². The third-order valence-corrected chi connectivity index (χ3v) is 4.97. The van der Waals surface area contributed by atoms with Crippen molar-refractivity contribution in [2.75, 3.05) is 18.9 Å². The minimum Gasteiger partial charge on any atom is -0.492 e. The molecule has 0 bridgehead atoms. The molecule has 1 N–H and O–H groups in total. The second-order valence-corrected chi connectivity index (χ2v) is 7.11. The van der Waals surface area contributed by atoms with Gasteiger partial charge in [-0.25, -0.2) is 4.98 Å². The molecule has 0 aliphatic rings. The van der Waals surface area contributed by atoms with Gasteiger partial charge in [0.15, 0.2) is 5.16 Å². The highest BCUT2D eigenvalue weighted by molar-refractivity contribution is 7.99. The van der Waals surface area contributed by atoms with E-state index in [4.69, 9.17) is 4.74 Å². The van der Waals surface area contributed by atoms with E-state index in [0.717, 1.165) is 16.6 Å². The summed E-state index contributed by atoms with van der Waals surface area (Å²) >= 11 is 1.42. The number of para-hydroxylation sites is 1. The van der Waals surface area contributed by atoms with Gasteiger partial charge in [0.25, 0.3) is 0 Å². The highest BCUT2D eigenvalue weighted by atomic mass is 32.2. The van der Waals surface area contributed by atoms with Crippen molar-refractivity contribution in [3.8, 4) is 11.4 Å². The molecule has 6 heteroatoms. The van der Waals surface area contributed by atoms with Gasteiger partial charge in [-0.3, -0.25) is 9.36 Å². The van der Waals surface area contributed by atoms with Crippen LogP contribution in [0.25, 0.3) is 5.69 Å². The van der Waals surface area contributed by atoms with Crippen LogP contribution < -0.4 is 10.1 Å². The van der Waals surface area contributed by atoms with Crippen LogP contribution in [0.5, 0.6) is 5.75 Å². The Kier molecular flexibility index (Phi) is 6.54. The number of imidazole rings is 1. The van der Waals surface area contributed by atoms with Crippen molar-refractivity contribution < 1.29 is 9.53 Å². The van der Waals surface area contributed by atoms with Gasteiger partial charge in [0.2, 0.25) is 5.91 Å². The lowest BCUT2D eigenvalue weighted by Gasteiger charge is -2.11. The second kappa shape index (κ2) is 9.28. The normalized spacial score (nSPS) is 10.6. The number of hydrogen-bond acceptors (Lipinski definition) is 4. The Morgan fingerprint density at radius 1 is 1.19 bits per heavy atom. The third kappa shape index (κ3) is 5.37. The Labute approximate surface area is 163 Å². The van der Waals surface area contributed by atoms with Crippen molar-refractivity contribution >= 4 is 17.7 Å². The first-order valence-electron chi connectivity index (χ1n) is 8.82. The van der Waals surface area contributed by atoms with Crippen LogP contribution in [0.2, 0.25) is 0 Å². The lowest BCUT2D eigenvalue weighted by Crippen LogP contribution is -2.29. The molecule has 0 spiro atoms. The number of thioether (sulfide) groups is 1. The SMILES string of the molecule is Cc1ccc(C)c(-n2ccnc2SCC(=O)NCCOc2ccccc2)c1. The van der Waals surface area contributed by atoms with E-state index in [2.05, 4.69) is 42.3 Å². The molecule has 0 aliphatic carbocycles. The summed E-state index contributed by atoms with van der Waals surface area (Å²) in [5.41, 5.74) is 3.45. The van der Waals surface area contributed by atoms with Crippen LogP contribution in [-0.2, 0) is 4.79 Å². The first-order chi connectivity index (χ1) is 13.1. The van der Waals surface area contributed by atoms with Crippen molar-refractivity contribution in [3.05, 3.63) is 72.1 Å². The molecule has 140 valence electrons. The lowest BCUT2D eigenvalue weighted by atomic mass is 10.1. The smallest absolute Gasteiger partial charge is 0.230 e. The number of aryl methyl sites for hydroxylation is 2. The average molecular weight is 382 g/mol. The molecule has 0 radical (unpaired) electrons. The number of nitrogens with one attached hydrogen (secondary N) is 1. The fourth-order valence-electron chi connectivity index (χ4n) is 2.62. The molecule has 5 nitrogen and oxygen atoms in total. The first kappa shape index (κ1) is 19.0. The summed E-state index contributed by atoms with van der Waals surface area (Å²) in [7, 11) is 0. The summed E-state index contributed by atoms with van der Waals surface area (Å²) in [6.45, 7) is 5.05. The Bertz CT molecular complexity index is 893. The van der Waals surface area contributed by atoms with Gasteiger partial charge in [-0.1, -0.05) is 42.1 Å². The van der Waals surface area contributed by atoms with Crippen LogP contribution in [0.4, 0.5) is 0 Å². The molecule has 0 unspecified atom stereocenters. The number of carbonyl (C=O) groups excluding carboxylic acids is 1. The van der Waals surface area contributed by atoms with Crippen molar-refractivity contribution in [1.29, 1.82) is 0 Å². The van der Waals surface area contributed by atoms with Gasteiger partial charge in [0.1, 0.15) is 12.4 Å². The Morgan fingerprint density at radius 3 is 2.81 bits per heavy atom. The molecule has 0 atom stereocenters. The van der Waals surface area contributed by atoms with Crippen LogP contribution in [0.1, 0.15) is 11.1 Å². The fourth-order valence-corrected chi connectivity index (χ4v) is 3.41. The highest BCUT2D eigenvalue weighted by Crippen LogP contribution is 2.23. The summed E-state index contributed by atoms with van der Waals surface area (Å²) in [5, 5.41) is 3.68. The number of rotatable bonds is 8. The van der Waals surface area contributed by atoms with Gasteiger partial charge in [0, 0.05) is 12.4 Å². The highest BCUT2D eigenvalue weighted by Gasteiger charge is 2.10. The average Bonchev–Trinajstić information content (AvgIpc) is 3.15. The quantitative estimate of drug-likeness (QED) is 0.477. The van der Waals surface area contributed by atoms with Gasteiger partial charge in [-0.2, -0.15) is 0 Å². The zero-order chi connectivity index (χ0) is 19.1. The maximum atomic E-state index is 12.1. The molecule has 3 aromatic rings. The lowest BCUT2D eigenvalue weighted by molar-refractivity contribution is -0.118. The van der Waals surface area contributed by atoms with Crippen LogP contribution in [-0.4, -0.2) is 34.4 Å². The summed E-state index contributed by atoms with van der Waals surface area (Å²) in [6.07, 6.45) is 3.69. The molecule has 0 saturated heterocycles. The largest absolute Gasteiger partial charge is 0.492 e. The van der Waals surface area contributed by atoms with Crippen molar-refractivity contribution in [3.63, 3.8) is 0 Å². The van der Waals surface area contributed by atoms with Gasteiger partial charge < -0.3 is 10.1 Å². The van der Waals surface area contributed by atoms with E-state index in [1.807, 2.05) is 41.1 Å². The molecule has 1 heterocycles. The van der Waals surface area contributed by atoms with E-state index in [1.165, 1.54) is 22.9 Å². The predicted molar refractivity (Wildman–Crippen MR) is 109 cm³/mol. The van der Waals surface area contributed by atoms with E-state index in [0.29, 0.717) is 18.9 Å². The van der Waals surface area contributed by atoms with Crippen LogP contribution >= 0.6 is 11.8 Å². The predicted octanol–water partition coefficient (Wildman–Crippen LogP) is 3.78. The summed E-state index contributed by atoms with van der Waals surface area (Å²) in [4.78, 5) is 16.5. The zero-order valence-electron chi connectivity index (χ0n) is 15.5. The summed E-state index contributed by atoms with van der Waals surface area (Å²) < 4.78 is 7.60. The molecule has 27 heavy (non-hydrogen) atoms. The number of amides is 1. The van der Waals surface area contributed by atoms with Crippen LogP contribution in [0.15, 0.2) is 66.1 Å². The summed E-state index contributed by atoms with van der Waals surface area (Å²) in [5.74, 6) is 1.08. The van der Waals surface area contributed by atoms with Crippen molar-refractivity contribution in [2.24, 2.45) is 0 Å². The molecular weight excluding hydrogens is 358 g/mol. The number of carbonyl (C=O) groups is 1. The number of benzene rings is 2. The topological polar surface area (TPSA) is 56.2 Å². The first-order valence-corrected chi connectivity index (χ1v) is 9.80. The molecule has 0 aliphatic heterocycles. The molecular formula is C21H23N3O2S. The van der Waals surface area contributed by atoms with E-state index in [1.54, 1.807) is 6.20 Å². The molecule has 1 aromatic heterocycles. The number of aromatic nitrogens is 2. The van der Waals surface area contributed by atoms with E-state index < -0.39 is 0 Å². The van der Waals surface area contributed by atoms with Gasteiger partial charge in [-0.05, 0) is 43.2 Å². The summed E-state index contributed by atoms with van der Waals surface area (Å²) in [6, 6.07) is 15.9. The molecule has 2 aromatic carbocycles. The number of ether oxygens (including phenoxy) is 1.